The first-order valence-electron chi connectivity index (χ1n) is 19.1. The monoisotopic (exact) mass is 729 g/mol. The van der Waals surface area contributed by atoms with Crippen LogP contribution in [-0.4, -0.2) is 31.3 Å². The molecule has 0 radical (unpaired) electrons. The normalized spacial score (nSPS) is 17.2. The third kappa shape index (κ3) is 7.38. The second-order valence-corrected chi connectivity index (χ2v) is 22.3. The first-order chi connectivity index (χ1) is 23.8. The second-order valence-electron chi connectivity index (χ2n) is 14.6. The van der Waals surface area contributed by atoms with Gasteiger partial charge in [-0.25, -0.2) is 0 Å². The van der Waals surface area contributed by atoms with Crippen LogP contribution in [0, 0.1) is 19.8 Å². The average Bonchev–Trinajstić information content (AvgIpc) is 3.89. The molecule has 49 heavy (non-hydrogen) atoms. The van der Waals surface area contributed by atoms with Gasteiger partial charge < -0.3 is 0 Å². The standard InChI is InChI=1S/C42H55NO2S3Si/c1-6-9-11-12-13-19-25-49(28-31(8-3)20-10-7-2)34-26-29(4)46-39(34)40-35(49)27-33(48-40)38-37-36(30(5)47-38)41(44)43(42(37)45)24-18-17-23-32-21-15-14-16-22-32/h14-16,21-22,26-27,31H,6-13,17-20,23-25,28H2,1-5H3. The van der Waals surface area contributed by atoms with E-state index in [9.17, 15) is 9.59 Å². The van der Waals surface area contributed by atoms with Crippen molar-refractivity contribution in [2.45, 2.75) is 130 Å². The molecule has 2 aliphatic rings. The van der Waals surface area contributed by atoms with Crippen LogP contribution in [-0.2, 0) is 6.42 Å². The third-order valence-electron chi connectivity index (χ3n) is 11.1. The van der Waals surface area contributed by atoms with Crippen molar-refractivity contribution in [3.8, 4) is 19.5 Å². The van der Waals surface area contributed by atoms with Crippen LogP contribution in [0.5, 0.6) is 0 Å². The van der Waals surface area contributed by atoms with Crippen LogP contribution in [0.3, 0.4) is 0 Å². The van der Waals surface area contributed by atoms with Gasteiger partial charge in [0.15, 0.2) is 0 Å². The van der Waals surface area contributed by atoms with Gasteiger partial charge in [-0.1, -0.05) is 115 Å². The highest BCUT2D eigenvalue weighted by Gasteiger charge is 2.49. The number of thiophene rings is 3. The van der Waals surface area contributed by atoms with Crippen molar-refractivity contribution in [3.05, 3.63) is 68.9 Å². The van der Waals surface area contributed by atoms with Gasteiger partial charge in [0, 0.05) is 30.9 Å². The molecule has 7 heteroatoms. The quantitative estimate of drug-likeness (QED) is 0.0547. The Morgan fingerprint density at radius 3 is 2.16 bits per heavy atom. The molecule has 0 saturated carbocycles. The molecule has 0 spiro atoms. The highest BCUT2D eigenvalue weighted by atomic mass is 32.1. The molecule has 6 rings (SSSR count). The summed E-state index contributed by atoms with van der Waals surface area (Å²) in [6.45, 7) is 11.9. The van der Waals surface area contributed by atoms with E-state index in [1.54, 1.807) is 21.7 Å². The van der Waals surface area contributed by atoms with Crippen molar-refractivity contribution >= 4 is 64.3 Å². The Hall–Kier alpha value is -2.32. The van der Waals surface area contributed by atoms with Crippen LogP contribution in [0.1, 0.15) is 134 Å². The highest BCUT2D eigenvalue weighted by Crippen LogP contribution is 2.49. The van der Waals surface area contributed by atoms with E-state index in [1.807, 2.05) is 35.7 Å². The zero-order valence-corrected chi connectivity index (χ0v) is 33.9. The van der Waals surface area contributed by atoms with Crippen LogP contribution in [0.4, 0.5) is 0 Å². The first-order valence-corrected chi connectivity index (χ1v) is 24.0. The predicted molar refractivity (Wildman–Crippen MR) is 216 cm³/mol. The molecule has 0 bridgehead atoms. The molecule has 0 aliphatic carbocycles. The zero-order chi connectivity index (χ0) is 34.5. The molecule has 0 N–H and O–H groups in total. The Morgan fingerprint density at radius 1 is 0.714 bits per heavy atom. The van der Waals surface area contributed by atoms with Gasteiger partial charge in [-0.05, 0) is 79.2 Å². The molecule has 0 fully saturated rings. The van der Waals surface area contributed by atoms with Gasteiger partial charge in [-0.2, -0.15) is 0 Å². The molecule has 2 atom stereocenters. The molecule has 3 aromatic heterocycles. The lowest BCUT2D eigenvalue weighted by Crippen LogP contribution is -2.55. The highest BCUT2D eigenvalue weighted by molar-refractivity contribution is 7.32. The number of imide groups is 1. The van der Waals surface area contributed by atoms with Crippen LogP contribution >= 0.6 is 34.0 Å². The van der Waals surface area contributed by atoms with E-state index < -0.39 is 8.07 Å². The lowest BCUT2D eigenvalue weighted by molar-refractivity contribution is 0.0652. The summed E-state index contributed by atoms with van der Waals surface area (Å²) >= 11 is 5.57. The van der Waals surface area contributed by atoms with Crippen LogP contribution in [0.15, 0.2) is 42.5 Å². The fourth-order valence-electron chi connectivity index (χ4n) is 8.43. The van der Waals surface area contributed by atoms with Crippen molar-refractivity contribution in [2.75, 3.05) is 6.54 Å². The lowest BCUT2D eigenvalue weighted by Gasteiger charge is -2.33. The number of carbonyl (C=O) groups excluding carboxylic acids is 2. The Kier molecular flexibility index (Phi) is 12.2. The molecule has 5 heterocycles. The molecular formula is C42H55NO2S3Si. The minimum atomic E-state index is -2.02. The van der Waals surface area contributed by atoms with Gasteiger partial charge in [0.1, 0.15) is 8.07 Å². The largest absolute Gasteiger partial charge is 0.274 e. The summed E-state index contributed by atoms with van der Waals surface area (Å²) in [7, 11) is -2.02. The average molecular weight is 730 g/mol. The number of fused-ring (bicyclic) bond motifs is 4. The third-order valence-corrected chi connectivity index (χ3v) is 20.5. The molecule has 0 saturated heterocycles. The number of hydrogen-bond acceptors (Lipinski definition) is 5. The van der Waals surface area contributed by atoms with Crippen molar-refractivity contribution in [2.24, 2.45) is 5.92 Å². The van der Waals surface area contributed by atoms with Gasteiger partial charge in [-0.15, -0.1) is 34.0 Å². The number of carbonyl (C=O) groups is 2. The van der Waals surface area contributed by atoms with Crippen molar-refractivity contribution in [1.29, 1.82) is 0 Å². The van der Waals surface area contributed by atoms with Crippen molar-refractivity contribution in [1.82, 2.24) is 4.90 Å². The Labute approximate surface area is 308 Å². The SMILES string of the molecule is CCCCCCCC[Si]1(CC(CC)CCCC)c2cc(C)sc2-c2sc(-c3sc(C)c4c3C(=O)N(CCCCc3ccccc3)C4=O)cc21. The fraction of sp³-hybridized carbons (Fsp3) is 0.524. The van der Waals surface area contributed by atoms with E-state index in [2.05, 4.69) is 64.1 Å². The summed E-state index contributed by atoms with van der Waals surface area (Å²) in [6, 6.07) is 18.3. The fourth-order valence-corrected chi connectivity index (χ4v) is 19.5. The van der Waals surface area contributed by atoms with Crippen LogP contribution < -0.4 is 10.4 Å². The minimum Gasteiger partial charge on any atom is -0.274 e. The molecule has 2 amide bonds. The second kappa shape index (κ2) is 16.3. The molecule has 1 aromatic carbocycles. The number of unbranched alkanes of at least 4 members (excludes halogenated alkanes) is 7. The molecule has 4 aromatic rings. The van der Waals surface area contributed by atoms with Gasteiger partial charge in [-0.3, -0.25) is 14.5 Å². The maximum Gasteiger partial charge on any atom is 0.263 e. The van der Waals surface area contributed by atoms with Gasteiger partial charge >= 0.3 is 0 Å². The number of nitrogens with zero attached hydrogens (tertiary/aromatic N) is 1. The smallest absolute Gasteiger partial charge is 0.263 e. The Balaban J connectivity index is 1.31. The summed E-state index contributed by atoms with van der Waals surface area (Å²) in [4.78, 5) is 37.0. The van der Waals surface area contributed by atoms with E-state index in [0.29, 0.717) is 17.7 Å². The van der Waals surface area contributed by atoms with E-state index >= 15 is 0 Å². The Bertz CT molecular complexity index is 1750. The van der Waals surface area contributed by atoms with Crippen molar-refractivity contribution in [3.63, 3.8) is 0 Å². The number of rotatable bonds is 19. The van der Waals surface area contributed by atoms with Crippen LogP contribution in [0.2, 0.25) is 12.1 Å². The van der Waals surface area contributed by atoms with Crippen LogP contribution in [0.25, 0.3) is 19.5 Å². The topological polar surface area (TPSA) is 37.4 Å². The first kappa shape index (κ1) is 36.5. The van der Waals surface area contributed by atoms with Crippen molar-refractivity contribution < 1.29 is 9.59 Å². The predicted octanol–water partition coefficient (Wildman–Crippen LogP) is 11.9. The Morgan fingerprint density at radius 2 is 1.41 bits per heavy atom. The van der Waals surface area contributed by atoms with Gasteiger partial charge in [0.25, 0.3) is 11.8 Å². The number of amides is 2. The minimum absolute atomic E-state index is 0.0820. The van der Waals surface area contributed by atoms with Gasteiger partial charge in [0.05, 0.1) is 16.0 Å². The number of benzene rings is 1. The van der Waals surface area contributed by atoms with E-state index in [1.165, 1.54) is 106 Å². The number of hydrogen-bond donors (Lipinski definition) is 0. The van der Waals surface area contributed by atoms with Gasteiger partial charge in [0.2, 0.25) is 0 Å². The molecule has 2 aliphatic heterocycles. The van der Waals surface area contributed by atoms with E-state index in [4.69, 9.17) is 0 Å². The number of aryl methyl sites for hydroxylation is 3. The van der Waals surface area contributed by atoms with E-state index in [-0.39, 0.29) is 11.8 Å². The maximum atomic E-state index is 14.0. The summed E-state index contributed by atoms with van der Waals surface area (Å²) in [5, 5.41) is 3.36. The molecule has 3 nitrogen and oxygen atoms in total. The summed E-state index contributed by atoms with van der Waals surface area (Å²) < 4.78 is 0. The zero-order valence-electron chi connectivity index (χ0n) is 30.4. The lowest BCUT2D eigenvalue weighted by atomic mass is 10.0. The summed E-state index contributed by atoms with van der Waals surface area (Å²) in [5.41, 5.74) is 2.64. The summed E-state index contributed by atoms with van der Waals surface area (Å²) in [6.07, 6.45) is 15.9. The molecule has 262 valence electrons. The molecule has 2 unspecified atom stereocenters. The summed E-state index contributed by atoms with van der Waals surface area (Å²) in [5.74, 6) is 0.590. The molecular weight excluding hydrogens is 675 g/mol. The maximum absolute atomic E-state index is 14.0. The van der Waals surface area contributed by atoms with E-state index in [0.717, 1.165) is 34.9 Å².